The van der Waals surface area contributed by atoms with Gasteiger partial charge in [-0.05, 0) is 17.4 Å². The Morgan fingerprint density at radius 3 is 2.12 bits per heavy atom. The van der Waals surface area contributed by atoms with Crippen molar-refractivity contribution >= 4 is 0 Å². The zero-order valence-corrected chi connectivity index (χ0v) is 13.0. The Balaban J connectivity index is 0.00000225. The van der Waals surface area contributed by atoms with Crippen LogP contribution in [0.1, 0.15) is 52.0 Å². The quantitative estimate of drug-likeness (QED) is 0.535. The smallest absolute Gasteiger partial charge is 0.872 e. The summed E-state index contributed by atoms with van der Waals surface area (Å²) in [5.41, 5.74) is 1.47. The van der Waals surface area contributed by atoms with Crippen LogP contribution in [0.5, 0.6) is 5.75 Å². The summed E-state index contributed by atoms with van der Waals surface area (Å²) in [4.78, 5) is 0. The maximum absolute atomic E-state index is 11.0. The van der Waals surface area contributed by atoms with Gasteiger partial charge in [-0.25, -0.2) is 0 Å². The summed E-state index contributed by atoms with van der Waals surface area (Å²) in [6, 6.07) is 7.26. The summed E-state index contributed by atoms with van der Waals surface area (Å²) >= 11 is 0. The molecule has 0 radical (unpaired) electrons. The number of hydrogen-bond donors (Lipinski definition) is 0. The topological polar surface area (TPSA) is 23.1 Å². The molecule has 0 unspecified atom stereocenters. The second kappa shape index (κ2) is 7.37. The molecule has 0 aliphatic carbocycles. The molecule has 0 saturated heterocycles. The van der Waals surface area contributed by atoms with Gasteiger partial charge in [-0.15, -0.1) is 5.75 Å². The van der Waals surface area contributed by atoms with Crippen molar-refractivity contribution in [1.82, 2.24) is 0 Å². The van der Waals surface area contributed by atoms with Crippen molar-refractivity contribution in [2.75, 3.05) is 0 Å². The van der Waals surface area contributed by atoms with Crippen molar-refractivity contribution in [2.24, 2.45) is 0 Å². The van der Waals surface area contributed by atoms with Crippen LogP contribution in [0.3, 0.4) is 0 Å². The van der Waals surface area contributed by atoms with E-state index in [1.807, 2.05) is 12.1 Å². The van der Waals surface area contributed by atoms with E-state index < -0.39 is 0 Å². The van der Waals surface area contributed by atoms with Gasteiger partial charge in [-0.1, -0.05) is 64.3 Å². The molecule has 1 rings (SSSR count). The van der Waals surface area contributed by atoms with Gasteiger partial charge in [0.25, 0.3) is 0 Å². The molecule has 0 atom stereocenters. The van der Waals surface area contributed by atoms with Crippen molar-refractivity contribution in [1.29, 1.82) is 0 Å². The molecule has 0 bridgehead atoms. The van der Waals surface area contributed by atoms with Gasteiger partial charge in [-0.3, -0.25) is 0 Å². The summed E-state index contributed by atoms with van der Waals surface area (Å²) in [6.07, 6.45) is 5.01. The van der Waals surface area contributed by atoms with Gasteiger partial charge < -0.3 is 5.11 Å². The zero-order chi connectivity index (χ0) is 11.3. The van der Waals surface area contributed by atoms with Crippen molar-refractivity contribution in [3.8, 4) is 5.75 Å². The molecule has 1 nitrogen and oxygen atoms in total. The molecule has 0 aliphatic heterocycles. The van der Waals surface area contributed by atoms with E-state index in [4.69, 9.17) is 0 Å². The molecule has 1 aromatic rings. The normalized spacial score (nSPS) is 10.9. The average molecular weight is 228 g/mol. The monoisotopic (exact) mass is 228 g/mol. The minimum absolute atomic E-state index is 0. The van der Waals surface area contributed by atoms with E-state index >= 15 is 0 Å². The Morgan fingerprint density at radius 1 is 1.06 bits per heavy atom. The van der Waals surface area contributed by atoms with Crippen LogP contribution in [-0.2, 0) is 5.41 Å². The second-order valence-electron chi connectivity index (χ2n) is 4.87. The van der Waals surface area contributed by atoms with Crippen molar-refractivity contribution in [2.45, 2.75) is 51.9 Å². The third kappa shape index (κ3) is 4.90. The van der Waals surface area contributed by atoms with Crippen LogP contribution < -0.4 is 34.7 Å². The van der Waals surface area contributed by atoms with Crippen LogP contribution in [0.25, 0.3) is 0 Å². The molecule has 0 aliphatic rings. The van der Waals surface area contributed by atoms with E-state index in [9.17, 15) is 5.11 Å². The molecular formula is C14H21NaO. The van der Waals surface area contributed by atoms with Crippen LogP contribution in [0.4, 0.5) is 0 Å². The van der Waals surface area contributed by atoms with E-state index in [0.717, 1.165) is 0 Å². The molecular weight excluding hydrogens is 207 g/mol. The van der Waals surface area contributed by atoms with E-state index in [1.165, 1.54) is 31.2 Å². The van der Waals surface area contributed by atoms with Crippen LogP contribution >= 0.6 is 0 Å². The Bertz CT molecular complexity index is 290. The Hall–Kier alpha value is 0.0200. The third-order valence-corrected chi connectivity index (χ3v) is 3.04. The van der Waals surface area contributed by atoms with Gasteiger partial charge in [0.15, 0.2) is 0 Å². The summed E-state index contributed by atoms with van der Waals surface area (Å²) in [7, 11) is 0. The molecule has 0 amide bonds. The predicted molar refractivity (Wildman–Crippen MR) is 63.1 cm³/mol. The molecule has 2 heteroatoms. The molecule has 0 spiro atoms. The molecule has 84 valence electrons. The van der Waals surface area contributed by atoms with Gasteiger partial charge in [0.05, 0.1) is 0 Å². The number of rotatable bonds is 5. The summed E-state index contributed by atoms with van der Waals surface area (Å²) in [6.45, 7) is 6.73. The van der Waals surface area contributed by atoms with Crippen LogP contribution in [0, 0.1) is 0 Å². The maximum Gasteiger partial charge on any atom is 1.00 e. The van der Waals surface area contributed by atoms with Gasteiger partial charge >= 0.3 is 29.6 Å². The first-order valence-corrected chi connectivity index (χ1v) is 5.84. The zero-order valence-electron chi connectivity index (χ0n) is 11.0. The van der Waals surface area contributed by atoms with Crippen molar-refractivity contribution in [3.63, 3.8) is 0 Å². The Kier molecular flexibility index (Phi) is 7.38. The summed E-state index contributed by atoms with van der Waals surface area (Å²) < 4.78 is 0. The SMILES string of the molecule is CCCCCC(C)(C)c1ccc([O-])cc1.[Na+]. The number of benzene rings is 1. The standard InChI is InChI=1S/C14H22O.Na/c1-4-5-6-11-14(2,3)12-7-9-13(15)10-8-12;/h7-10,15H,4-6,11H2,1-3H3;/q;+1/p-1. The second-order valence-corrected chi connectivity index (χ2v) is 4.87. The Morgan fingerprint density at radius 2 is 1.62 bits per heavy atom. The van der Waals surface area contributed by atoms with E-state index in [0.29, 0.717) is 0 Å². The van der Waals surface area contributed by atoms with E-state index in [1.54, 1.807) is 12.1 Å². The molecule has 0 saturated carbocycles. The molecule has 1 aromatic carbocycles. The molecule has 0 N–H and O–H groups in total. The molecule has 16 heavy (non-hydrogen) atoms. The van der Waals surface area contributed by atoms with Crippen LogP contribution in [0.15, 0.2) is 24.3 Å². The van der Waals surface area contributed by atoms with Crippen LogP contribution in [-0.4, -0.2) is 0 Å². The first-order chi connectivity index (χ1) is 7.06. The maximum atomic E-state index is 11.0. The van der Waals surface area contributed by atoms with E-state index in [-0.39, 0.29) is 40.7 Å². The minimum atomic E-state index is 0. The Labute approximate surface area is 122 Å². The van der Waals surface area contributed by atoms with Gasteiger partial charge in [0, 0.05) is 0 Å². The minimum Gasteiger partial charge on any atom is -0.872 e. The summed E-state index contributed by atoms with van der Waals surface area (Å²) in [5.74, 6) is 0.100. The van der Waals surface area contributed by atoms with Gasteiger partial charge in [-0.2, -0.15) is 0 Å². The number of unbranched alkanes of at least 4 members (excludes halogenated alkanes) is 2. The first kappa shape index (κ1) is 16.0. The number of hydrogen-bond acceptors (Lipinski definition) is 1. The fourth-order valence-electron chi connectivity index (χ4n) is 1.87. The molecule has 0 aromatic heterocycles. The fourth-order valence-corrected chi connectivity index (χ4v) is 1.87. The fraction of sp³-hybridized carbons (Fsp3) is 0.571. The van der Waals surface area contributed by atoms with E-state index in [2.05, 4.69) is 20.8 Å². The molecule has 0 heterocycles. The first-order valence-electron chi connectivity index (χ1n) is 5.84. The molecule has 0 fully saturated rings. The van der Waals surface area contributed by atoms with Crippen molar-refractivity contribution < 1.29 is 34.7 Å². The predicted octanol–water partition coefficient (Wildman–Crippen LogP) is 0.622. The average Bonchev–Trinajstić information content (AvgIpc) is 2.18. The van der Waals surface area contributed by atoms with Crippen LogP contribution in [0.2, 0.25) is 0 Å². The largest absolute Gasteiger partial charge is 1.00 e. The summed E-state index contributed by atoms with van der Waals surface area (Å²) in [5, 5.41) is 11.0. The van der Waals surface area contributed by atoms with Gasteiger partial charge in [0.2, 0.25) is 0 Å². The van der Waals surface area contributed by atoms with Crippen molar-refractivity contribution in [3.05, 3.63) is 29.8 Å². The third-order valence-electron chi connectivity index (χ3n) is 3.04. The van der Waals surface area contributed by atoms with Gasteiger partial charge in [0.1, 0.15) is 0 Å².